The number of nitrogens with one attached hydrogen (secondary N) is 1. The van der Waals surface area contributed by atoms with Crippen molar-refractivity contribution >= 4 is 34.4 Å². The summed E-state index contributed by atoms with van der Waals surface area (Å²) in [5.74, 6) is 4.26. The van der Waals surface area contributed by atoms with Gasteiger partial charge in [0.15, 0.2) is 5.69 Å². The molecular formula is C27H21FN8O3. The zero-order valence-corrected chi connectivity index (χ0v) is 20.4. The first-order chi connectivity index (χ1) is 18.9. The van der Waals surface area contributed by atoms with E-state index in [1.165, 1.54) is 22.9 Å². The molecule has 11 nitrogen and oxygen atoms in total. The second-order valence-corrected chi connectivity index (χ2v) is 9.38. The van der Waals surface area contributed by atoms with Crippen LogP contribution in [0.4, 0.5) is 10.2 Å². The number of fused-ring (bicyclic) bond motifs is 2. The summed E-state index contributed by atoms with van der Waals surface area (Å²) in [6, 6.07) is 10.1. The van der Waals surface area contributed by atoms with Gasteiger partial charge in [0.2, 0.25) is 23.6 Å². The molecule has 6 rings (SSSR count). The molecule has 0 radical (unpaired) electrons. The first-order valence-electron chi connectivity index (χ1n) is 12.2. The third kappa shape index (κ3) is 4.77. The number of hydrogen-bond acceptors (Lipinski definition) is 7. The monoisotopic (exact) mass is 524 g/mol. The Bertz CT molecular complexity index is 1690. The van der Waals surface area contributed by atoms with E-state index in [1.54, 1.807) is 41.6 Å². The van der Waals surface area contributed by atoms with Crippen LogP contribution in [-0.2, 0) is 16.1 Å². The molecule has 2 aliphatic rings. The van der Waals surface area contributed by atoms with E-state index >= 15 is 0 Å². The van der Waals surface area contributed by atoms with Crippen LogP contribution in [0.3, 0.4) is 0 Å². The van der Waals surface area contributed by atoms with Gasteiger partial charge in [0.05, 0.1) is 5.52 Å². The van der Waals surface area contributed by atoms with E-state index in [0.29, 0.717) is 28.7 Å². The number of hydrogen-bond donors (Lipinski definition) is 2. The highest BCUT2D eigenvalue weighted by Gasteiger charge is 2.56. The van der Waals surface area contributed by atoms with Gasteiger partial charge in [-0.25, -0.2) is 15.0 Å². The molecule has 1 saturated heterocycles. The maximum Gasteiger partial charge on any atom is 0.269 e. The molecule has 4 aromatic rings. The third-order valence-corrected chi connectivity index (χ3v) is 6.81. The van der Waals surface area contributed by atoms with Gasteiger partial charge in [-0.15, -0.1) is 0 Å². The number of piperidine rings is 1. The number of rotatable bonds is 5. The molecule has 3 aromatic heterocycles. The Balaban J connectivity index is 1.25. The Labute approximate surface area is 221 Å². The number of nitrogens with two attached hydrogens (primary N) is 1. The van der Waals surface area contributed by atoms with Crippen LogP contribution < -0.4 is 11.1 Å². The Morgan fingerprint density at radius 2 is 1.90 bits per heavy atom. The number of carbonyl (C=O) groups excluding carboxylic acids is 3. The van der Waals surface area contributed by atoms with E-state index in [1.807, 2.05) is 0 Å². The highest BCUT2D eigenvalue weighted by Crippen LogP contribution is 2.48. The summed E-state index contributed by atoms with van der Waals surface area (Å²) in [7, 11) is 0. The lowest BCUT2D eigenvalue weighted by molar-refractivity contribution is -0.138. The minimum atomic E-state index is -0.744. The van der Waals surface area contributed by atoms with E-state index in [9.17, 15) is 18.8 Å². The van der Waals surface area contributed by atoms with Gasteiger partial charge in [-0.1, -0.05) is 12.0 Å². The van der Waals surface area contributed by atoms with E-state index in [4.69, 9.17) is 5.73 Å². The fourth-order valence-corrected chi connectivity index (χ4v) is 5.00. The van der Waals surface area contributed by atoms with Crippen molar-refractivity contribution in [2.24, 2.45) is 11.7 Å². The standard InChI is InChI=1S/C27H21FN8O3/c28-21-3-1-4-23(32-21)33-27(39)20-13-16-12-19(16)36(20)24(37)14-35-18-7-5-15(6-8-22-30-9-2-10-31-22)11-17(18)25(34-35)26(29)38/h1-5,7,9-11,16,19-20H,12-14H2,(H2,29,38)(H,32,33,39)/t16-,19?,20+/m1/s1. The van der Waals surface area contributed by atoms with Crippen LogP contribution in [0.15, 0.2) is 54.9 Å². The fourth-order valence-electron chi connectivity index (χ4n) is 5.00. The van der Waals surface area contributed by atoms with E-state index in [0.717, 1.165) is 6.42 Å². The molecular weight excluding hydrogens is 503 g/mol. The topological polar surface area (TPSA) is 149 Å². The minimum Gasteiger partial charge on any atom is -0.364 e. The van der Waals surface area contributed by atoms with Gasteiger partial charge in [-0.2, -0.15) is 9.49 Å². The lowest BCUT2D eigenvalue weighted by Crippen LogP contribution is -2.46. The van der Waals surface area contributed by atoms with Crippen LogP contribution in [0.2, 0.25) is 0 Å². The summed E-state index contributed by atoms with van der Waals surface area (Å²) in [6.45, 7) is -0.197. The molecule has 1 unspecified atom stereocenters. The number of aromatic nitrogens is 5. The predicted octanol–water partition coefficient (Wildman–Crippen LogP) is 1.49. The average molecular weight is 525 g/mol. The Kier molecular flexibility index (Phi) is 5.95. The first kappa shape index (κ1) is 24.2. The van der Waals surface area contributed by atoms with Gasteiger partial charge >= 0.3 is 0 Å². The quantitative estimate of drug-likeness (QED) is 0.297. The number of amides is 3. The van der Waals surface area contributed by atoms with Gasteiger partial charge in [0.1, 0.15) is 18.4 Å². The van der Waals surface area contributed by atoms with Crippen LogP contribution in [0.1, 0.15) is 34.7 Å². The largest absolute Gasteiger partial charge is 0.364 e. The molecule has 1 aliphatic heterocycles. The molecule has 39 heavy (non-hydrogen) atoms. The molecule has 4 heterocycles. The Morgan fingerprint density at radius 3 is 2.67 bits per heavy atom. The molecule has 0 bridgehead atoms. The number of likely N-dealkylation sites (tertiary alicyclic amines) is 1. The predicted molar refractivity (Wildman–Crippen MR) is 136 cm³/mol. The zero-order valence-electron chi connectivity index (χ0n) is 20.4. The highest BCUT2D eigenvalue weighted by molar-refractivity contribution is 6.05. The molecule has 2 fully saturated rings. The van der Waals surface area contributed by atoms with E-state index in [-0.39, 0.29) is 35.9 Å². The average Bonchev–Trinajstić information content (AvgIpc) is 3.43. The summed E-state index contributed by atoms with van der Waals surface area (Å²) < 4.78 is 14.9. The number of anilines is 1. The lowest BCUT2D eigenvalue weighted by atomic mass is 10.1. The summed E-state index contributed by atoms with van der Waals surface area (Å²) in [4.78, 5) is 52.0. The normalized spacial score (nSPS) is 19.2. The van der Waals surface area contributed by atoms with Gasteiger partial charge in [-0.3, -0.25) is 19.1 Å². The number of nitrogens with zero attached hydrogens (tertiary/aromatic N) is 6. The molecule has 1 saturated carbocycles. The summed E-state index contributed by atoms with van der Waals surface area (Å²) >= 11 is 0. The fraction of sp³-hybridized carbons (Fsp3) is 0.222. The summed E-state index contributed by atoms with van der Waals surface area (Å²) in [6.07, 6.45) is 4.50. The van der Waals surface area contributed by atoms with Crippen molar-refractivity contribution in [3.05, 3.63) is 77.9 Å². The Hall–Kier alpha value is -5.18. The van der Waals surface area contributed by atoms with Crippen LogP contribution in [0.5, 0.6) is 0 Å². The smallest absolute Gasteiger partial charge is 0.269 e. The van der Waals surface area contributed by atoms with Crippen molar-refractivity contribution in [3.8, 4) is 11.8 Å². The zero-order chi connectivity index (χ0) is 27.1. The van der Waals surface area contributed by atoms with Crippen molar-refractivity contribution in [1.29, 1.82) is 0 Å². The Morgan fingerprint density at radius 1 is 1.08 bits per heavy atom. The maximum atomic E-state index is 13.5. The van der Waals surface area contributed by atoms with Crippen molar-refractivity contribution < 1.29 is 18.8 Å². The second-order valence-electron chi connectivity index (χ2n) is 9.38. The van der Waals surface area contributed by atoms with Crippen LogP contribution in [0.25, 0.3) is 10.9 Å². The summed E-state index contributed by atoms with van der Waals surface area (Å²) in [5, 5.41) is 7.37. The van der Waals surface area contributed by atoms with E-state index in [2.05, 4.69) is 37.2 Å². The second kappa shape index (κ2) is 9.60. The molecule has 0 spiro atoms. The van der Waals surface area contributed by atoms with Gasteiger partial charge in [-0.05, 0) is 61.1 Å². The molecule has 194 valence electrons. The number of benzene rings is 1. The lowest BCUT2D eigenvalue weighted by Gasteiger charge is -2.26. The molecule has 3 amide bonds. The van der Waals surface area contributed by atoms with Crippen molar-refractivity contribution in [2.45, 2.75) is 31.5 Å². The first-order valence-corrected chi connectivity index (χ1v) is 12.2. The van der Waals surface area contributed by atoms with Crippen molar-refractivity contribution in [1.82, 2.24) is 29.6 Å². The number of halogens is 1. The molecule has 3 atom stereocenters. The molecule has 3 N–H and O–H groups in total. The number of pyridine rings is 1. The molecule has 1 aromatic carbocycles. The van der Waals surface area contributed by atoms with E-state index < -0.39 is 23.8 Å². The number of primary amides is 1. The molecule has 12 heteroatoms. The van der Waals surface area contributed by atoms with Crippen LogP contribution in [-0.4, -0.2) is 59.4 Å². The highest BCUT2D eigenvalue weighted by atomic mass is 19.1. The number of carbonyl (C=O) groups is 3. The SMILES string of the molecule is NC(=O)c1nn(CC(=O)N2C3C[C@@H]3C[C@H]2C(=O)Nc2cccc(F)n2)c2ccc(C#Cc3ncccn3)cc12. The molecule has 1 aliphatic carbocycles. The van der Waals surface area contributed by atoms with Gasteiger partial charge in [0, 0.05) is 29.4 Å². The maximum absolute atomic E-state index is 13.5. The van der Waals surface area contributed by atoms with Crippen LogP contribution >= 0.6 is 0 Å². The van der Waals surface area contributed by atoms with Crippen LogP contribution in [0, 0.1) is 23.7 Å². The van der Waals surface area contributed by atoms with Gasteiger partial charge in [0.25, 0.3) is 5.91 Å². The summed E-state index contributed by atoms with van der Waals surface area (Å²) in [5.41, 5.74) is 6.71. The van der Waals surface area contributed by atoms with Crippen molar-refractivity contribution in [3.63, 3.8) is 0 Å². The third-order valence-electron chi connectivity index (χ3n) is 6.81. The minimum absolute atomic E-state index is 0.00889. The van der Waals surface area contributed by atoms with Crippen molar-refractivity contribution in [2.75, 3.05) is 5.32 Å². The van der Waals surface area contributed by atoms with Gasteiger partial charge < -0.3 is 16.0 Å².